The molecule has 2 heterocycles. The van der Waals surface area contributed by atoms with E-state index in [9.17, 15) is 27.6 Å². The summed E-state index contributed by atoms with van der Waals surface area (Å²) in [6.07, 6.45) is 4.93. The van der Waals surface area contributed by atoms with Gasteiger partial charge < -0.3 is 15.2 Å². The molecule has 11 heteroatoms. The van der Waals surface area contributed by atoms with E-state index >= 15 is 0 Å². The minimum Gasteiger partial charge on any atom is -0.354 e. The van der Waals surface area contributed by atoms with E-state index in [1.54, 1.807) is 23.3 Å². The summed E-state index contributed by atoms with van der Waals surface area (Å²) in [4.78, 5) is 40.6. The Hall–Kier alpha value is -3.37. The molecule has 0 saturated carbocycles. The van der Waals surface area contributed by atoms with Crippen molar-refractivity contribution < 1.29 is 27.6 Å². The average molecular weight is 395 g/mol. The highest BCUT2D eigenvalue weighted by molar-refractivity contribution is 6.21. The quantitative estimate of drug-likeness (QED) is 0.546. The number of carbonyl (C=O) groups is 3. The van der Waals surface area contributed by atoms with Gasteiger partial charge in [-0.3, -0.25) is 9.59 Å². The molecule has 1 saturated heterocycles. The third-order valence-corrected chi connectivity index (χ3v) is 4.16. The molecule has 4 amide bonds. The number of benzene rings is 1. The molecule has 0 aliphatic carbocycles. The normalized spacial score (nSPS) is 16.4. The van der Waals surface area contributed by atoms with Crippen LogP contribution in [0.3, 0.4) is 0 Å². The van der Waals surface area contributed by atoms with Crippen molar-refractivity contribution in [3.05, 3.63) is 48.3 Å². The monoisotopic (exact) mass is 395 g/mol. The molecule has 2 aromatic rings. The molecule has 1 aliphatic rings. The molecule has 0 spiro atoms. The fourth-order valence-corrected chi connectivity index (χ4v) is 2.75. The van der Waals surface area contributed by atoms with Crippen LogP contribution >= 0.6 is 0 Å². The topological polar surface area (TPSA) is 96.3 Å². The van der Waals surface area contributed by atoms with E-state index in [1.165, 1.54) is 0 Å². The molecule has 8 nitrogen and oxygen atoms in total. The first-order valence-corrected chi connectivity index (χ1v) is 8.38. The van der Waals surface area contributed by atoms with Crippen LogP contribution in [0.15, 0.2) is 30.9 Å². The number of aromatic nitrogens is 2. The zero-order valence-electron chi connectivity index (χ0n) is 14.5. The van der Waals surface area contributed by atoms with Gasteiger partial charge in [-0.2, -0.15) is 0 Å². The van der Waals surface area contributed by atoms with Crippen molar-refractivity contribution >= 4 is 23.5 Å². The zero-order valence-corrected chi connectivity index (χ0v) is 14.5. The lowest BCUT2D eigenvalue weighted by molar-refractivity contribution is -0.121. The van der Waals surface area contributed by atoms with Gasteiger partial charge in [0.1, 0.15) is 6.04 Å². The van der Waals surface area contributed by atoms with Crippen molar-refractivity contribution in [1.82, 2.24) is 20.2 Å². The summed E-state index contributed by atoms with van der Waals surface area (Å²) in [6.45, 7) is 0.890. The van der Waals surface area contributed by atoms with E-state index in [0.29, 0.717) is 30.1 Å². The maximum atomic E-state index is 13.4. The first kappa shape index (κ1) is 19.4. The van der Waals surface area contributed by atoms with Gasteiger partial charge >= 0.3 is 6.03 Å². The maximum Gasteiger partial charge on any atom is 0.329 e. The minimum atomic E-state index is -1.69. The average Bonchev–Trinajstić information content (AvgIpc) is 3.25. The number of imide groups is 1. The van der Waals surface area contributed by atoms with E-state index in [2.05, 4.69) is 15.6 Å². The number of carbonyl (C=O) groups excluding carboxylic acids is 3. The molecule has 3 rings (SSSR count). The van der Waals surface area contributed by atoms with Crippen molar-refractivity contribution in [2.45, 2.75) is 25.4 Å². The lowest BCUT2D eigenvalue weighted by atomic mass is 10.1. The van der Waals surface area contributed by atoms with Crippen molar-refractivity contribution in [3.63, 3.8) is 0 Å². The van der Waals surface area contributed by atoms with Crippen molar-refractivity contribution in [2.24, 2.45) is 0 Å². The lowest BCUT2D eigenvalue weighted by Crippen LogP contribution is -2.33. The minimum absolute atomic E-state index is 0.00411. The van der Waals surface area contributed by atoms with Crippen LogP contribution in [0.4, 0.5) is 23.7 Å². The van der Waals surface area contributed by atoms with E-state index < -0.39 is 41.1 Å². The molecular weight excluding hydrogens is 379 g/mol. The van der Waals surface area contributed by atoms with Gasteiger partial charge in [-0.15, -0.1) is 0 Å². The van der Waals surface area contributed by atoms with E-state index in [4.69, 9.17) is 0 Å². The van der Waals surface area contributed by atoms with Crippen LogP contribution in [0, 0.1) is 17.5 Å². The van der Waals surface area contributed by atoms with Gasteiger partial charge in [-0.25, -0.2) is 27.8 Å². The fourth-order valence-electron chi connectivity index (χ4n) is 2.75. The van der Waals surface area contributed by atoms with Gasteiger partial charge in [0.25, 0.3) is 5.91 Å². The summed E-state index contributed by atoms with van der Waals surface area (Å²) < 4.78 is 41.6. The molecule has 1 atom stereocenters. The van der Waals surface area contributed by atoms with Gasteiger partial charge in [-0.1, -0.05) is 0 Å². The highest BCUT2D eigenvalue weighted by Gasteiger charge is 2.39. The number of imidazole rings is 1. The molecule has 0 unspecified atom stereocenters. The molecule has 28 heavy (non-hydrogen) atoms. The summed E-state index contributed by atoms with van der Waals surface area (Å²) in [5.74, 6) is -5.83. The van der Waals surface area contributed by atoms with Gasteiger partial charge in [0.2, 0.25) is 5.91 Å². The van der Waals surface area contributed by atoms with Crippen LogP contribution in [0.1, 0.15) is 12.8 Å². The Morgan fingerprint density at radius 3 is 2.57 bits per heavy atom. The number of hydrogen-bond acceptors (Lipinski definition) is 4. The van der Waals surface area contributed by atoms with E-state index in [0.717, 1.165) is 0 Å². The summed E-state index contributed by atoms with van der Waals surface area (Å²) in [5.41, 5.74) is -0.425. The number of amides is 4. The number of urea groups is 1. The molecule has 1 aliphatic heterocycles. The molecule has 1 aromatic heterocycles. The fraction of sp³-hybridized carbons (Fsp3) is 0.294. The number of nitrogens with one attached hydrogen (secondary N) is 2. The van der Waals surface area contributed by atoms with E-state index in [1.807, 2.05) is 0 Å². The highest BCUT2D eigenvalue weighted by Crippen LogP contribution is 2.25. The third-order valence-electron chi connectivity index (χ3n) is 4.16. The third kappa shape index (κ3) is 4.13. The molecular formula is C17H16F3N5O3. The highest BCUT2D eigenvalue weighted by atomic mass is 19.2. The number of rotatable bonds is 7. The zero-order chi connectivity index (χ0) is 20.3. The first-order valence-electron chi connectivity index (χ1n) is 8.38. The Kier molecular flexibility index (Phi) is 5.62. The second-order valence-corrected chi connectivity index (χ2v) is 6.09. The lowest BCUT2D eigenvalue weighted by Gasteiger charge is -2.13. The molecule has 2 N–H and O–H groups in total. The number of nitrogens with zero attached hydrogens (tertiary/aromatic N) is 3. The number of halogens is 3. The predicted molar refractivity (Wildman–Crippen MR) is 90.6 cm³/mol. The van der Waals surface area contributed by atoms with Crippen LogP contribution in [-0.2, 0) is 16.1 Å². The number of hydrogen-bond donors (Lipinski definition) is 2. The Balaban J connectivity index is 1.54. The second-order valence-electron chi connectivity index (χ2n) is 6.09. The van der Waals surface area contributed by atoms with Crippen LogP contribution in [0.2, 0.25) is 0 Å². The Labute approximate surface area is 157 Å². The standard InChI is InChI=1S/C17H16F3N5O3/c18-11-7-10(8-12(19)15(11)20)25-16(27)13(23-17(25)28)1-2-14(26)22-4-6-24-5-3-21-9-24/h3,5,7-9,13H,1-2,4,6H2,(H,22,26)(H,23,28)/t13-/m0/s1. The van der Waals surface area contributed by atoms with Gasteiger partial charge in [-0.05, 0) is 6.42 Å². The summed E-state index contributed by atoms with van der Waals surface area (Å²) in [7, 11) is 0. The molecule has 148 valence electrons. The van der Waals surface area contributed by atoms with E-state index in [-0.39, 0.29) is 18.7 Å². The van der Waals surface area contributed by atoms with Crippen LogP contribution in [0.5, 0.6) is 0 Å². The molecule has 0 bridgehead atoms. The van der Waals surface area contributed by atoms with Crippen molar-refractivity contribution in [3.8, 4) is 0 Å². The largest absolute Gasteiger partial charge is 0.354 e. The van der Waals surface area contributed by atoms with Crippen LogP contribution in [0.25, 0.3) is 0 Å². The number of anilines is 1. The first-order chi connectivity index (χ1) is 13.4. The molecule has 0 radical (unpaired) electrons. The maximum absolute atomic E-state index is 13.4. The Morgan fingerprint density at radius 1 is 1.21 bits per heavy atom. The molecule has 1 fully saturated rings. The predicted octanol–water partition coefficient (Wildman–Crippen LogP) is 1.32. The van der Waals surface area contributed by atoms with Crippen molar-refractivity contribution in [2.75, 3.05) is 11.4 Å². The Bertz CT molecular complexity index is 880. The van der Waals surface area contributed by atoms with Crippen LogP contribution < -0.4 is 15.5 Å². The smallest absolute Gasteiger partial charge is 0.329 e. The summed E-state index contributed by atoms with van der Waals surface area (Å²) in [5, 5.41) is 5.02. The summed E-state index contributed by atoms with van der Waals surface area (Å²) in [6, 6.07) is -0.814. The van der Waals surface area contributed by atoms with Crippen LogP contribution in [-0.4, -0.2) is 40.0 Å². The van der Waals surface area contributed by atoms with Gasteiger partial charge in [0, 0.05) is 44.0 Å². The molecule has 1 aromatic carbocycles. The Morgan fingerprint density at radius 2 is 1.93 bits per heavy atom. The second kappa shape index (κ2) is 8.11. The summed E-state index contributed by atoms with van der Waals surface area (Å²) >= 11 is 0. The SMILES string of the molecule is O=C(CC[C@@H]1NC(=O)N(c2cc(F)c(F)c(F)c2)C1=O)NCCn1ccnc1. The van der Waals surface area contributed by atoms with Gasteiger partial charge in [0.15, 0.2) is 17.5 Å². The van der Waals surface area contributed by atoms with Crippen molar-refractivity contribution in [1.29, 1.82) is 0 Å². The van der Waals surface area contributed by atoms with Gasteiger partial charge in [0.05, 0.1) is 12.0 Å².